The SMILES string of the molecule is CC(C)(C)C1CCC(CBr)(OCc2cccc(Br)c2)CC1. The Bertz CT molecular complexity index is 457. The Hall–Kier alpha value is 0.140. The minimum absolute atomic E-state index is 0.0179. The second kappa shape index (κ2) is 7.14. The molecule has 3 heteroatoms. The van der Waals surface area contributed by atoms with Crippen molar-refractivity contribution in [2.24, 2.45) is 11.3 Å². The normalized spacial score (nSPS) is 26.8. The molecule has 0 radical (unpaired) electrons. The van der Waals surface area contributed by atoms with Gasteiger partial charge in [-0.25, -0.2) is 0 Å². The molecule has 2 rings (SSSR count). The molecule has 1 saturated carbocycles. The highest BCUT2D eigenvalue weighted by molar-refractivity contribution is 9.10. The van der Waals surface area contributed by atoms with E-state index in [4.69, 9.17) is 4.74 Å². The average molecular weight is 418 g/mol. The maximum Gasteiger partial charge on any atom is 0.0783 e. The van der Waals surface area contributed by atoms with Gasteiger partial charge in [0.2, 0.25) is 0 Å². The molecular weight excluding hydrogens is 392 g/mol. The molecule has 1 aliphatic carbocycles. The summed E-state index contributed by atoms with van der Waals surface area (Å²) in [5, 5.41) is 0.935. The van der Waals surface area contributed by atoms with E-state index >= 15 is 0 Å². The third kappa shape index (κ3) is 4.80. The van der Waals surface area contributed by atoms with Crippen LogP contribution in [0.3, 0.4) is 0 Å². The van der Waals surface area contributed by atoms with Crippen LogP contribution in [0.15, 0.2) is 28.7 Å². The van der Waals surface area contributed by atoms with Crippen LogP contribution in [0.4, 0.5) is 0 Å². The largest absolute Gasteiger partial charge is 0.369 e. The first-order valence-electron chi connectivity index (χ1n) is 7.79. The summed E-state index contributed by atoms with van der Waals surface area (Å²) in [6.45, 7) is 7.79. The lowest BCUT2D eigenvalue weighted by Crippen LogP contribution is -2.41. The van der Waals surface area contributed by atoms with E-state index in [0.717, 1.165) is 28.6 Å². The van der Waals surface area contributed by atoms with E-state index in [2.05, 4.69) is 76.9 Å². The number of alkyl halides is 1. The zero-order valence-corrected chi connectivity index (χ0v) is 16.5. The first kappa shape index (κ1) is 17.5. The molecule has 0 atom stereocenters. The van der Waals surface area contributed by atoms with E-state index in [1.54, 1.807) is 0 Å². The molecule has 0 saturated heterocycles. The van der Waals surface area contributed by atoms with Crippen molar-refractivity contribution in [2.75, 3.05) is 5.33 Å². The summed E-state index contributed by atoms with van der Waals surface area (Å²) in [5.74, 6) is 0.819. The predicted octanol–water partition coefficient (Wildman–Crippen LogP) is 6.34. The zero-order chi connectivity index (χ0) is 15.5. The smallest absolute Gasteiger partial charge is 0.0783 e. The molecule has 118 valence electrons. The Morgan fingerprint density at radius 2 is 1.90 bits per heavy atom. The van der Waals surface area contributed by atoms with E-state index < -0.39 is 0 Å². The maximum atomic E-state index is 6.35. The topological polar surface area (TPSA) is 9.23 Å². The van der Waals surface area contributed by atoms with Crippen molar-refractivity contribution >= 4 is 31.9 Å². The number of ether oxygens (including phenoxy) is 1. The highest BCUT2D eigenvalue weighted by Crippen LogP contribution is 2.43. The van der Waals surface area contributed by atoms with E-state index in [9.17, 15) is 0 Å². The third-order valence-electron chi connectivity index (χ3n) is 4.80. The molecule has 0 N–H and O–H groups in total. The number of hydrogen-bond acceptors (Lipinski definition) is 1. The van der Waals surface area contributed by atoms with E-state index in [1.807, 2.05) is 0 Å². The fourth-order valence-electron chi connectivity index (χ4n) is 3.19. The molecule has 0 heterocycles. The van der Waals surface area contributed by atoms with Gasteiger partial charge in [-0.15, -0.1) is 0 Å². The summed E-state index contributed by atoms with van der Waals surface area (Å²) < 4.78 is 7.47. The zero-order valence-electron chi connectivity index (χ0n) is 13.3. The van der Waals surface area contributed by atoms with Gasteiger partial charge >= 0.3 is 0 Å². The van der Waals surface area contributed by atoms with E-state index in [-0.39, 0.29) is 5.60 Å². The summed E-state index contributed by atoms with van der Waals surface area (Å²) in [6, 6.07) is 8.40. The number of hydrogen-bond donors (Lipinski definition) is 0. The van der Waals surface area contributed by atoms with Crippen LogP contribution in [0.1, 0.15) is 52.0 Å². The highest BCUT2D eigenvalue weighted by Gasteiger charge is 2.38. The molecule has 0 spiro atoms. The van der Waals surface area contributed by atoms with Crippen molar-refractivity contribution in [1.82, 2.24) is 0 Å². The van der Waals surface area contributed by atoms with Gasteiger partial charge in [-0.05, 0) is 54.7 Å². The first-order chi connectivity index (χ1) is 9.85. The summed E-state index contributed by atoms with van der Waals surface area (Å²) in [5.41, 5.74) is 1.68. The summed E-state index contributed by atoms with van der Waals surface area (Å²) in [7, 11) is 0. The van der Waals surface area contributed by atoms with Crippen molar-refractivity contribution in [2.45, 2.75) is 58.7 Å². The molecule has 0 bridgehead atoms. The number of halogens is 2. The van der Waals surface area contributed by atoms with Crippen LogP contribution in [-0.2, 0) is 11.3 Å². The fraction of sp³-hybridized carbons (Fsp3) is 0.667. The van der Waals surface area contributed by atoms with Crippen LogP contribution in [0.2, 0.25) is 0 Å². The minimum Gasteiger partial charge on any atom is -0.369 e. The molecule has 1 fully saturated rings. The molecule has 1 nitrogen and oxygen atoms in total. The van der Waals surface area contributed by atoms with Crippen molar-refractivity contribution in [3.05, 3.63) is 34.3 Å². The summed E-state index contributed by atoms with van der Waals surface area (Å²) in [4.78, 5) is 0. The van der Waals surface area contributed by atoms with Crippen molar-refractivity contribution in [3.63, 3.8) is 0 Å². The Morgan fingerprint density at radius 1 is 1.24 bits per heavy atom. The van der Waals surface area contributed by atoms with Crippen molar-refractivity contribution < 1.29 is 4.74 Å². The maximum absolute atomic E-state index is 6.35. The van der Waals surface area contributed by atoms with Crippen molar-refractivity contribution in [1.29, 1.82) is 0 Å². The Labute approximate surface area is 146 Å². The van der Waals surface area contributed by atoms with Gasteiger partial charge in [0.25, 0.3) is 0 Å². The Balaban J connectivity index is 1.94. The Kier molecular flexibility index (Phi) is 5.95. The fourth-order valence-corrected chi connectivity index (χ4v) is 4.36. The van der Waals surface area contributed by atoms with Crippen LogP contribution in [0.5, 0.6) is 0 Å². The second-order valence-electron chi connectivity index (χ2n) is 7.38. The average Bonchev–Trinajstić information content (AvgIpc) is 2.45. The van der Waals surface area contributed by atoms with Crippen LogP contribution in [0, 0.1) is 11.3 Å². The lowest BCUT2D eigenvalue weighted by atomic mass is 9.69. The number of rotatable bonds is 4. The molecule has 0 aromatic heterocycles. The highest BCUT2D eigenvalue weighted by atomic mass is 79.9. The van der Waals surface area contributed by atoms with Gasteiger partial charge in [-0.1, -0.05) is 64.8 Å². The van der Waals surface area contributed by atoms with E-state index in [0.29, 0.717) is 12.0 Å². The van der Waals surface area contributed by atoms with Gasteiger partial charge < -0.3 is 4.74 Å². The second-order valence-corrected chi connectivity index (χ2v) is 8.85. The first-order valence-corrected chi connectivity index (χ1v) is 9.70. The molecule has 1 aliphatic rings. The lowest BCUT2D eigenvalue weighted by molar-refractivity contribution is -0.0783. The Morgan fingerprint density at radius 3 is 2.43 bits per heavy atom. The van der Waals surface area contributed by atoms with Gasteiger partial charge in [0.05, 0.1) is 12.2 Å². The quantitative estimate of drug-likeness (QED) is 0.519. The molecule has 1 aromatic rings. The van der Waals surface area contributed by atoms with Gasteiger partial charge in [-0.3, -0.25) is 0 Å². The molecule has 0 amide bonds. The van der Waals surface area contributed by atoms with Gasteiger partial charge in [-0.2, -0.15) is 0 Å². The van der Waals surface area contributed by atoms with Crippen molar-refractivity contribution in [3.8, 4) is 0 Å². The molecule has 1 aromatic carbocycles. The van der Waals surface area contributed by atoms with Crippen LogP contribution < -0.4 is 0 Å². The molecular formula is C18H26Br2O. The van der Waals surface area contributed by atoms with E-state index in [1.165, 1.54) is 18.4 Å². The van der Waals surface area contributed by atoms with Gasteiger partial charge in [0.15, 0.2) is 0 Å². The van der Waals surface area contributed by atoms with Crippen LogP contribution >= 0.6 is 31.9 Å². The molecule has 0 aliphatic heterocycles. The minimum atomic E-state index is 0.0179. The van der Waals surface area contributed by atoms with Crippen LogP contribution in [0.25, 0.3) is 0 Å². The van der Waals surface area contributed by atoms with Crippen LogP contribution in [-0.4, -0.2) is 10.9 Å². The summed E-state index contributed by atoms with van der Waals surface area (Å²) >= 11 is 7.22. The standard InChI is InChI=1S/C18H26Br2O/c1-17(2,3)15-7-9-18(13-19,10-8-15)21-12-14-5-4-6-16(20)11-14/h4-6,11,15H,7-10,12-13H2,1-3H3. The monoisotopic (exact) mass is 416 g/mol. The summed E-state index contributed by atoms with van der Waals surface area (Å²) in [6.07, 6.45) is 4.86. The lowest BCUT2D eigenvalue weighted by Gasteiger charge is -2.43. The van der Waals surface area contributed by atoms with Gasteiger partial charge in [0, 0.05) is 9.80 Å². The van der Waals surface area contributed by atoms with Gasteiger partial charge in [0.1, 0.15) is 0 Å². The molecule has 0 unspecified atom stereocenters. The number of benzene rings is 1. The molecule has 21 heavy (non-hydrogen) atoms. The predicted molar refractivity (Wildman–Crippen MR) is 96.9 cm³/mol. The third-order valence-corrected chi connectivity index (χ3v) is 6.31.